The predicted molar refractivity (Wildman–Crippen MR) is 240 cm³/mol. The summed E-state index contributed by atoms with van der Waals surface area (Å²) in [6, 6.07) is 10.9. The zero-order valence-corrected chi connectivity index (χ0v) is 46.3. The van der Waals surface area contributed by atoms with E-state index in [4.69, 9.17) is 28.2 Å². The summed E-state index contributed by atoms with van der Waals surface area (Å²) in [7, 11) is -12.4. The van der Waals surface area contributed by atoms with Gasteiger partial charge in [0.1, 0.15) is 29.0 Å². The van der Waals surface area contributed by atoms with E-state index in [1.165, 1.54) is 24.5 Å². The number of hydrogen-bond acceptors (Lipinski definition) is 19. The van der Waals surface area contributed by atoms with Crippen LogP contribution in [0.2, 0.25) is 0 Å². The van der Waals surface area contributed by atoms with Gasteiger partial charge in [0.15, 0.2) is 6.04 Å². The van der Waals surface area contributed by atoms with Gasteiger partial charge < -0.3 is 46.8 Å². The van der Waals surface area contributed by atoms with Gasteiger partial charge in [-0.25, -0.2) is 34.6 Å². The van der Waals surface area contributed by atoms with E-state index in [1.54, 1.807) is 44.4 Å². The van der Waals surface area contributed by atoms with Crippen LogP contribution >= 0.6 is 0 Å². The molecular formula is C44H55N3Na2O18S3. The normalized spacial score (nSPS) is 17.8. The van der Waals surface area contributed by atoms with Crippen LogP contribution in [0.4, 0.5) is 5.69 Å². The molecule has 21 nitrogen and oxygen atoms in total. The van der Waals surface area contributed by atoms with Crippen molar-refractivity contribution in [2.45, 2.75) is 68.7 Å². The van der Waals surface area contributed by atoms with Crippen molar-refractivity contribution in [1.29, 1.82) is 0 Å². The first-order chi connectivity index (χ1) is 32.1. The van der Waals surface area contributed by atoms with Gasteiger partial charge in [0, 0.05) is 72.9 Å². The molecule has 0 spiro atoms. The van der Waals surface area contributed by atoms with E-state index in [1.807, 2.05) is 28.5 Å². The van der Waals surface area contributed by atoms with Gasteiger partial charge in [-0.1, -0.05) is 12.2 Å². The number of rotatable bonds is 27. The summed E-state index contributed by atoms with van der Waals surface area (Å²) in [5, 5.41) is 1.14. The maximum atomic E-state index is 12.2. The summed E-state index contributed by atoms with van der Waals surface area (Å²) in [6.45, 7) is 5.27. The van der Waals surface area contributed by atoms with Crippen molar-refractivity contribution in [2.24, 2.45) is 0 Å². The fraction of sp³-hybridized carbons (Fsp3) is 0.500. The number of amides is 2. The molecule has 1 aromatic rings. The fourth-order valence-electron chi connectivity index (χ4n) is 7.92. The quantitative estimate of drug-likeness (QED) is 0.0232. The fourth-order valence-corrected chi connectivity index (χ4v) is 9.40. The van der Waals surface area contributed by atoms with Crippen LogP contribution in [0.1, 0.15) is 63.5 Å². The van der Waals surface area contributed by atoms with Crippen molar-refractivity contribution in [2.75, 3.05) is 82.9 Å². The molecule has 2 atom stereocenters. The Balaban J connectivity index is 0.00000648. The van der Waals surface area contributed by atoms with Crippen molar-refractivity contribution >= 4 is 59.9 Å². The SMILES string of the molecule is COCCOCC(C)[N+](CCCS(=O)(=O)[O-])=c1ccc2c(/C=C/C=C3/N(CCOCCOCCC(=O)ON4C(=O)CCC4=O)c4ccc(S(=O)(=O)[O-])cc4C3(C)CCCS(=O)(=O)[O-])ccoc-2c1.[Na+].[Na+]. The molecule has 1 aliphatic carbocycles. The van der Waals surface area contributed by atoms with Crippen molar-refractivity contribution in [3.8, 4) is 11.3 Å². The molecule has 3 heterocycles. The largest absolute Gasteiger partial charge is 1.00 e. The molecule has 0 aromatic heterocycles. The Bertz CT molecular complexity index is 2720. The van der Waals surface area contributed by atoms with Crippen LogP contribution in [-0.4, -0.2) is 146 Å². The third-order valence-electron chi connectivity index (χ3n) is 11.2. The van der Waals surface area contributed by atoms with Crippen molar-refractivity contribution in [3.05, 3.63) is 83.1 Å². The van der Waals surface area contributed by atoms with E-state index in [0.29, 0.717) is 57.5 Å². The molecule has 26 heteroatoms. The van der Waals surface area contributed by atoms with E-state index in [0.717, 1.165) is 0 Å². The Morgan fingerprint density at radius 1 is 0.857 bits per heavy atom. The molecule has 2 amide bonds. The first kappa shape index (κ1) is 61.4. The maximum absolute atomic E-state index is 12.2. The zero-order valence-electron chi connectivity index (χ0n) is 39.9. The van der Waals surface area contributed by atoms with Crippen LogP contribution < -0.4 is 73.9 Å². The molecule has 0 N–H and O–H groups in total. The molecule has 374 valence electrons. The zero-order chi connectivity index (χ0) is 49.7. The Morgan fingerprint density at radius 2 is 1.51 bits per heavy atom. The first-order valence-corrected chi connectivity index (χ1v) is 26.2. The maximum Gasteiger partial charge on any atom is 1.00 e. The number of methoxy groups -OCH3 is 1. The van der Waals surface area contributed by atoms with Crippen molar-refractivity contribution in [3.63, 3.8) is 0 Å². The number of allylic oxidation sites excluding steroid dienone is 3. The molecular weight excluding hydrogens is 1000 g/mol. The number of nitrogens with zero attached hydrogens (tertiary/aromatic N) is 3. The average Bonchev–Trinajstić information content (AvgIpc) is 3.70. The van der Waals surface area contributed by atoms with Gasteiger partial charge in [-0.2, -0.15) is 0 Å². The van der Waals surface area contributed by atoms with Gasteiger partial charge in [0.2, 0.25) is 5.36 Å². The van der Waals surface area contributed by atoms with E-state index in [-0.39, 0.29) is 150 Å². The van der Waals surface area contributed by atoms with Gasteiger partial charge in [0.05, 0.1) is 83.5 Å². The van der Waals surface area contributed by atoms with E-state index in [2.05, 4.69) is 0 Å². The van der Waals surface area contributed by atoms with Crippen LogP contribution in [0, 0.1) is 0 Å². The Kier molecular flexibility index (Phi) is 24.5. The third-order valence-corrected chi connectivity index (χ3v) is 13.7. The molecule has 1 aromatic carbocycles. The second-order valence-electron chi connectivity index (χ2n) is 16.2. The number of hydrogen-bond donors (Lipinski definition) is 0. The molecule has 5 rings (SSSR count). The molecule has 1 fully saturated rings. The summed E-state index contributed by atoms with van der Waals surface area (Å²) in [6.07, 6.45) is 6.57. The van der Waals surface area contributed by atoms with Crippen LogP contribution in [0.25, 0.3) is 17.4 Å². The molecule has 70 heavy (non-hydrogen) atoms. The summed E-state index contributed by atoms with van der Waals surface area (Å²) in [5.41, 5.74) is 1.80. The van der Waals surface area contributed by atoms with Crippen LogP contribution in [0.15, 0.2) is 75.9 Å². The second kappa shape index (κ2) is 28.0. The minimum atomic E-state index is -4.91. The number of carbonyl (C=O) groups is 3. The number of imide groups is 1. The average molecular weight is 1060 g/mol. The number of carbonyl (C=O) groups excluding carboxylic acids is 3. The first-order valence-electron chi connectivity index (χ1n) is 21.6. The smallest absolute Gasteiger partial charge is 0.748 e. The summed E-state index contributed by atoms with van der Waals surface area (Å²) < 4.78 is 136. The third kappa shape index (κ3) is 17.9. The molecule has 1 saturated heterocycles. The van der Waals surface area contributed by atoms with Crippen LogP contribution in [0.3, 0.4) is 0 Å². The van der Waals surface area contributed by atoms with Crippen molar-refractivity contribution in [1.82, 2.24) is 9.64 Å². The number of ether oxygens (including phenoxy) is 4. The molecule has 0 saturated carbocycles. The van der Waals surface area contributed by atoms with Crippen LogP contribution in [-0.2, 0) is 73.9 Å². The summed E-state index contributed by atoms with van der Waals surface area (Å²) in [4.78, 5) is 41.7. The topological polar surface area (TPSA) is 292 Å². The molecule has 2 unspecified atom stereocenters. The summed E-state index contributed by atoms with van der Waals surface area (Å²) in [5.74, 6) is -2.76. The predicted octanol–water partition coefficient (Wildman–Crippen LogP) is -3.91. The minimum Gasteiger partial charge on any atom is -0.748 e. The van der Waals surface area contributed by atoms with Gasteiger partial charge in [-0.15, -0.1) is 5.06 Å². The van der Waals surface area contributed by atoms with Gasteiger partial charge in [-0.05, 0) is 74.2 Å². The Hall–Kier alpha value is -2.89. The van der Waals surface area contributed by atoms with Crippen molar-refractivity contribution < 1.29 is 141 Å². The van der Waals surface area contributed by atoms with Gasteiger partial charge >= 0.3 is 65.1 Å². The van der Waals surface area contributed by atoms with E-state index >= 15 is 0 Å². The number of anilines is 1. The van der Waals surface area contributed by atoms with E-state index in [9.17, 15) is 53.3 Å². The summed E-state index contributed by atoms with van der Waals surface area (Å²) >= 11 is 0. The minimum absolute atomic E-state index is 0. The molecule has 4 aliphatic rings. The van der Waals surface area contributed by atoms with Gasteiger partial charge in [-0.3, -0.25) is 9.59 Å². The number of hydroxylamine groups is 2. The Labute approximate surface area is 452 Å². The van der Waals surface area contributed by atoms with E-state index < -0.39 is 70.0 Å². The van der Waals surface area contributed by atoms with Gasteiger partial charge in [0.25, 0.3) is 11.8 Å². The number of fused-ring (bicyclic) bond motifs is 2. The second-order valence-corrected chi connectivity index (χ2v) is 20.6. The number of benzene rings is 2. The molecule has 0 radical (unpaired) electrons. The van der Waals surface area contributed by atoms with Crippen LogP contribution in [0.5, 0.6) is 0 Å². The molecule has 3 aliphatic heterocycles. The Morgan fingerprint density at radius 3 is 2.17 bits per heavy atom. The molecule has 0 bridgehead atoms. The monoisotopic (exact) mass is 1060 g/mol. The standard InChI is InChI=1S/C44H57N3O18S3.2Na/c1-32(31-63-24-23-60-3)45(18-6-28-67(54,55)56)34-9-11-36-33(15-21-64-39(36)29-34)7-4-8-40-44(2,17-5-27-66(51,52)53)37-30-35(68(57,58)59)10-12-38(37)46(40)19-22-62-26-25-61-20-16-43(50)65-47-41(48)13-14-42(47)49;;/h4,7-12,15,21,29-30,32H,5-6,13-14,16-20,22-28,31H2,1-3H3,(H2-,51,52,53,54,55,56,57,58,59);;/q;2*+1/p-2.